The van der Waals surface area contributed by atoms with E-state index in [2.05, 4.69) is 18.7 Å². The van der Waals surface area contributed by atoms with E-state index in [0.29, 0.717) is 6.04 Å². The van der Waals surface area contributed by atoms with Crippen LogP contribution >= 0.6 is 11.6 Å². The standard InChI is InChI=1S/C14H21ClN2/c1-10-5-4-8-17(11(10)2)9-12-13(15)6-3-7-14(12)16/h3,6-7,10-11H,4-5,8-9,16H2,1-2H3. The zero-order valence-corrected chi connectivity index (χ0v) is 11.4. The molecule has 1 saturated heterocycles. The van der Waals surface area contributed by atoms with E-state index in [1.54, 1.807) is 0 Å². The maximum Gasteiger partial charge on any atom is 0.0471 e. The van der Waals surface area contributed by atoms with E-state index in [0.717, 1.165) is 35.3 Å². The van der Waals surface area contributed by atoms with Crippen LogP contribution in [-0.4, -0.2) is 17.5 Å². The van der Waals surface area contributed by atoms with Crippen molar-refractivity contribution < 1.29 is 0 Å². The van der Waals surface area contributed by atoms with Crippen molar-refractivity contribution in [3.8, 4) is 0 Å². The van der Waals surface area contributed by atoms with E-state index >= 15 is 0 Å². The first-order valence-corrected chi connectivity index (χ1v) is 6.74. The minimum Gasteiger partial charge on any atom is -0.398 e. The summed E-state index contributed by atoms with van der Waals surface area (Å²) in [4.78, 5) is 2.49. The van der Waals surface area contributed by atoms with Crippen molar-refractivity contribution in [3.63, 3.8) is 0 Å². The summed E-state index contributed by atoms with van der Waals surface area (Å²) in [6.07, 6.45) is 2.60. The number of benzene rings is 1. The fourth-order valence-electron chi connectivity index (χ4n) is 2.59. The number of hydrogen-bond acceptors (Lipinski definition) is 2. The van der Waals surface area contributed by atoms with Crippen LogP contribution in [0.2, 0.25) is 5.02 Å². The van der Waals surface area contributed by atoms with Gasteiger partial charge in [-0.15, -0.1) is 0 Å². The largest absolute Gasteiger partial charge is 0.398 e. The Labute approximate surface area is 109 Å². The minimum atomic E-state index is 0.611. The number of anilines is 1. The molecule has 3 heteroatoms. The molecule has 2 N–H and O–H groups in total. The highest BCUT2D eigenvalue weighted by Gasteiger charge is 2.25. The lowest BCUT2D eigenvalue weighted by Crippen LogP contribution is -2.41. The first kappa shape index (κ1) is 12.7. The van der Waals surface area contributed by atoms with Crippen molar-refractivity contribution >= 4 is 17.3 Å². The Bertz CT molecular complexity index is 372. The van der Waals surface area contributed by atoms with Crippen LogP contribution in [0.4, 0.5) is 5.69 Å². The van der Waals surface area contributed by atoms with Crippen LogP contribution in [0, 0.1) is 5.92 Å². The summed E-state index contributed by atoms with van der Waals surface area (Å²) in [6.45, 7) is 6.65. The van der Waals surface area contributed by atoms with Gasteiger partial charge in [0, 0.05) is 28.9 Å². The molecule has 94 valence electrons. The molecule has 1 fully saturated rings. The number of piperidine rings is 1. The monoisotopic (exact) mass is 252 g/mol. The predicted molar refractivity (Wildman–Crippen MR) is 74.1 cm³/mol. The first-order valence-electron chi connectivity index (χ1n) is 6.36. The molecule has 1 aliphatic rings. The number of nitrogens with two attached hydrogens (primary N) is 1. The molecule has 2 nitrogen and oxygen atoms in total. The molecule has 1 aromatic carbocycles. The summed E-state index contributed by atoms with van der Waals surface area (Å²) in [6, 6.07) is 6.37. The molecule has 1 aliphatic heterocycles. The lowest BCUT2D eigenvalue weighted by atomic mass is 9.91. The number of halogens is 1. The maximum atomic E-state index is 6.23. The SMILES string of the molecule is CC1CCCN(Cc2c(N)cccc2Cl)C1C. The molecule has 2 atom stereocenters. The van der Waals surface area contributed by atoms with Crippen LogP contribution in [0.3, 0.4) is 0 Å². The molecule has 0 radical (unpaired) electrons. The van der Waals surface area contributed by atoms with Crippen molar-refractivity contribution in [2.24, 2.45) is 5.92 Å². The van der Waals surface area contributed by atoms with Crippen molar-refractivity contribution in [1.82, 2.24) is 4.90 Å². The van der Waals surface area contributed by atoms with Crippen molar-refractivity contribution in [2.45, 2.75) is 39.3 Å². The van der Waals surface area contributed by atoms with E-state index in [-0.39, 0.29) is 0 Å². The van der Waals surface area contributed by atoms with Crippen LogP contribution in [0.25, 0.3) is 0 Å². The van der Waals surface area contributed by atoms with E-state index in [9.17, 15) is 0 Å². The Balaban J connectivity index is 2.15. The molecule has 2 unspecified atom stereocenters. The zero-order chi connectivity index (χ0) is 12.4. The highest BCUT2D eigenvalue weighted by Crippen LogP contribution is 2.29. The van der Waals surface area contributed by atoms with Gasteiger partial charge in [0.05, 0.1) is 0 Å². The van der Waals surface area contributed by atoms with Crippen molar-refractivity contribution in [3.05, 3.63) is 28.8 Å². The number of nitrogen functional groups attached to an aromatic ring is 1. The molecule has 1 heterocycles. The van der Waals surface area contributed by atoms with Gasteiger partial charge in [-0.05, 0) is 44.4 Å². The van der Waals surface area contributed by atoms with E-state index < -0.39 is 0 Å². The number of likely N-dealkylation sites (tertiary alicyclic amines) is 1. The summed E-state index contributed by atoms with van der Waals surface area (Å²) < 4.78 is 0. The molecule has 0 spiro atoms. The Morgan fingerprint density at radius 3 is 2.88 bits per heavy atom. The molecule has 0 saturated carbocycles. The Morgan fingerprint density at radius 2 is 2.18 bits per heavy atom. The summed E-state index contributed by atoms with van der Waals surface area (Å²) in [5, 5.41) is 0.787. The summed E-state index contributed by atoms with van der Waals surface area (Å²) in [5.74, 6) is 0.757. The molecule has 1 aromatic rings. The maximum absolute atomic E-state index is 6.23. The van der Waals surface area contributed by atoms with Gasteiger partial charge < -0.3 is 5.73 Å². The molecule has 0 amide bonds. The van der Waals surface area contributed by atoms with E-state index in [1.807, 2.05) is 18.2 Å². The highest BCUT2D eigenvalue weighted by molar-refractivity contribution is 6.31. The minimum absolute atomic E-state index is 0.611. The lowest BCUT2D eigenvalue weighted by molar-refractivity contribution is 0.107. The van der Waals surface area contributed by atoms with Crippen LogP contribution in [0.5, 0.6) is 0 Å². The Morgan fingerprint density at radius 1 is 1.41 bits per heavy atom. The second kappa shape index (κ2) is 5.28. The number of rotatable bonds is 2. The van der Waals surface area contributed by atoms with Gasteiger partial charge in [-0.25, -0.2) is 0 Å². The third-order valence-corrected chi connectivity index (χ3v) is 4.37. The van der Waals surface area contributed by atoms with Gasteiger partial charge in [-0.1, -0.05) is 24.6 Å². The Kier molecular flexibility index (Phi) is 3.95. The van der Waals surface area contributed by atoms with Gasteiger partial charge in [0.25, 0.3) is 0 Å². The predicted octanol–water partition coefficient (Wildman–Crippen LogP) is 3.54. The molecule has 0 aromatic heterocycles. The van der Waals surface area contributed by atoms with Crippen molar-refractivity contribution in [1.29, 1.82) is 0 Å². The van der Waals surface area contributed by atoms with Gasteiger partial charge in [-0.3, -0.25) is 4.90 Å². The van der Waals surface area contributed by atoms with Gasteiger partial charge in [0.15, 0.2) is 0 Å². The Hall–Kier alpha value is -0.730. The molecule has 0 bridgehead atoms. The van der Waals surface area contributed by atoms with E-state index in [4.69, 9.17) is 17.3 Å². The third kappa shape index (κ3) is 2.75. The summed E-state index contributed by atoms with van der Waals surface area (Å²) in [7, 11) is 0. The fourth-order valence-corrected chi connectivity index (χ4v) is 2.83. The van der Waals surface area contributed by atoms with Crippen LogP contribution in [-0.2, 0) is 6.54 Å². The van der Waals surface area contributed by atoms with Gasteiger partial charge in [0.1, 0.15) is 0 Å². The average molecular weight is 253 g/mol. The number of hydrogen-bond donors (Lipinski definition) is 1. The zero-order valence-electron chi connectivity index (χ0n) is 10.6. The quantitative estimate of drug-likeness (QED) is 0.816. The van der Waals surface area contributed by atoms with Crippen LogP contribution < -0.4 is 5.73 Å². The van der Waals surface area contributed by atoms with Gasteiger partial charge in [0.2, 0.25) is 0 Å². The molecular weight excluding hydrogens is 232 g/mol. The van der Waals surface area contributed by atoms with Crippen LogP contribution in [0.1, 0.15) is 32.3 Å². The molecule has 2 rings (SSSR count). The smallest absolute Gasteiger partial charge is 0.0471 e. The topological polar surface area (TPSA) is 29.3 Å². The molecule has 0 aliphatic carbocycles. The second-order valence-corrected chi connectivity index (χ2v) is 5.55. The van der Waals surface area contributed by atoms with Gasteiger partial charge >= 0.3 is 0 Å². The molecular formula is C14H21ClN2. The fraction of sp³-hybridized carbons (Fsp3) is 0.571. The lowest BCUT2D eigenvalue weighted by Gasteiger charge is -2.38. The van der Waals surface area contributed by atoms with Crippen molar-refractivity contribution in [2.75, 3.05) is 12.3 Å². The highest BCUT2D eigenvalue weighted by atomic mass is 35.5. The molecule has 17 heavy (non-hydrogen) atoms. The summed E-state index contributed by atoms with van der Waals surface area (Å²) >= 11 is 6.23. The normalized spacial score (nSPS) is 26.1. The number of nitrogens with zero attached hydrogens (tertiary/aromatic N) is 1. The first-order chi connectivity index (χ1) is 8.09. The average Bonchev–Trinajstić information content (AvgIpc) is 2.29. The van der Waals surface area contributed by atoms with Crippen LogP contribution in [0.15, 0.2) is 18.2 Å². The summed E-state index contributed by atoms with van der Waals surface area (Å²) in [5.41, 5.74) is 7.89. The van der Waals surface area contributed by atoms with E-state index in [1.165, 1.54) is 12.8 Å². The third-order valence-electron chi connectivity index (χ3n) is 4.02. The second-order valence-electron chi connectivity index (χ2n) is 5.14. The van der Waals surface area contributed by atoms with Gasteiger partial charge in [-0.2, -0.15) is 0 Å².